The van der Waals surface area contributed by atoms with Gasteiger partial charge in [0.05, 0.1) is 0 Å². The molecular formula is C5H11BF2. The van der Waals surface area contributed by atoms with E-state index in [-0.39, 0.29) is 0 Å². The number of hydrogen-bond donors (Lipinski definition) is 0. The quantitative estimate of drug-likeness (QED) is 0.501. The summed E-state index contributed by atoms with van der Waals surface area (Å²) in [5.74, 6) is 0. The first-order valence-electron chi connectivity index (χ1n) is 3.46. The van der Waals surface area contributed by atoms with Crippen LogP contribution in [-0.4, -0.2) is 7.27 Å². The maximum absolute atomic E-state index is 11.6. The maximum atomic E-state index is 11.6. The van der Waals surface area contributed by atoms with Crippen molar-refractivity contribution in [3.05, 3.63) is 0 Å². The van der Waals surface area contributed by atoms with Crippen LogP contribution in [0.25, 0.3) is 0 Å². The Hall–Kier alpha value is -0.0751. The second-order valence-corrected chi connectivity index (χ2v) is 1.71. The molecule has 0 saturated carbocycles. The molecule has 3 heteroatoms. The van der Waals surface area contributed by atoms with Crippen LogP contribution in [0.5, 0.6) is 0 Å². The monoisotopic (exact) mass is 121 g/mol. The Balaban J connectivity index is 3.16. The van der Waals surface area contributed by atoms with Gasteiger partial charge in [-0.15, -0.1) is 0 Å². The van der Waals surface area contributed by atoms with Crippen molar-refractivity contribution in [2.75, 3.05) is 0 Å². The first-order valence-corrected chi connectivity index (χ1v) is 2.89. The Kier molecular flexibility index (Phi) is 3.83. The normalized spacial score (nSPS) is 15.1. The molecule has 0 aromatic heterocycles. The fourth-order valence-electron chi connectivity index (χ4n) is 0.448. The van der Waals surface area contributed by atoms with Gasteiger partial charge in [-0.05, 0) is 6.30 Å². The third-order valence-electron chi connectivity index (χ3n) is 0.903. The first kappa shape index (κ1) is 6.05. The van der Waals surface area contributed by atoms with Gasteiger partial charge >= 0.3 is 7.27 Å². The van der Waals surface area contributed by atoms with Crippen LogP contribution in [0.2, 0.25) is 6.30 Å². The van der Waals surface area contributed by atoms with Gasteiger partial charge in [0.25, 0.3) is 0 Å². The highest BCUT2D eigenvalue weighted by Gasteiger charge is 2.09. The van der Waals surface area contributed by atoms with E-state index >= 15 is 0 Å². The zero-order valence-electron chi connectivity index (χ0n) is 6.03. The van der Waals surface area contributed by atoms with E-state index in [0.29, 0.717) is 6.42 Å². The van der Waals surface area contributed by atoms with Gasteiger partial charge in [-0.3, -0.25) is 8.63 Å². The van der Waals surface area contributed by atoms with Crippen LogP contribution in [-0.2, 0) is 0 Å². The summed E-state index contributed by atoms with van der Waals surface area (Å²) in [5.41, 5.74) is 0. The average molecular weight is 121 g/mol. The van der Waals surface area contributed by atoms with E-state index in [0.717, 1.165) is 12.8 Å². The Morgan fingerprint density at radius 1 is 1.50 bits per heavy atom. The summed E-state index contributed by atoms with van der Waals surface area (Å²) in [6.45, 7) is 1.93. The fourth-order valence-corrected chi connectivity index (χ4v) is 0.448. The first-order chi connectivity index (χ1) is 4.18. The molecule has 0 aromatic rings. The maximum Gasteiger partial charge on any atom is 0.538 e. The van der Waals surface area contributed by atoms with Crippen molar-refractivity contribution in [2.45, 2.75) is 32.5 Å². The fraction of sp³-hybridized carbons (Fsp3) is 1.00. The molecule has 0 fully saturated rings. The largest absolute Gasteiger partial charge is 0.538 e. The molecule has 0 nitrogen and oxygen atoms in total. The van der Waals surface area contributed by atoms with E-state index in [4.69, 9.17) is 1.37 Å². The van der Waals surface area contributed by atoms with E-state index in [1.807, 2.05) is 6.92 Å². The predicted molar refractivity (Wildman–Crippen MR) is 32.3 cm³/mol. The molecule has 0 saturated heterocycles. The zero-order chi connectivity index (χ0) is 7.28. The molecule has 0 aliphatic carbocycles. The number of rotatable bonds is 4. The standard InChI is InChI=1S/C5H11BF2/c1-2-3-4-5-6(7)8/h2-5H2,1H3/i5D. The second kappa shape index (κ2) is 5.07. The lowest BCUT2D eigenvalue weighted by atomic mass is 9.89. The number of unbranched alkanes of at least 4 members (excludes halogenated alkanes) is 1. The Morgan fingerprint density at radius 2 is 2.12 bits per heavy atom. The molecule has 0 rings (SSSR count). The highest BCUT2D eigenvalue weighted by Crippen LogP contribution is 2.04. The molecule has 0 radical (unpaired) electrons. The lowest BCUT2D eigenvalue weighted by Crippen LogP contribution is -1.93. The second-order valence-electron chi connectivity index (χ2n) is 1.71. The van der Waals surface area contributed by atoms with Gasteiger partial charge in [0, 0.05) is 1.37 Å². The third kappa shape index (κ3) is 5.92. The van der Waals surface area contributed by atoms with Crippen molar-refractivity contribution in [3.8, 4) is 0 Å². The van der Waals surface area contributed by atoms with Crippen LogP contribution in [0.3, 0.4) is 0 Å². The van der Waals surface area contributed by atoms with Gasteiger partial charge in [0.1, 0.15) is 0 Å². The van der Waals surface area contributed by atoms with Crippen molar-refractivity contribution in [2.24, 2.45) is 0 Å². The molecule has 0 N–H and O–H groups in total. The molecule has 8 heavy (non-hydrogen) atoms. The van der Waals surface area contributed by atoms with Gasteiger partial charge in [-0.1, -0.05) is 26.2 Å². The van der Waals surface area contributed by atoms with Crippen molar-refractivity contribution < 1.29 is 10.0 Å². The van der Waals surface area contributed by atoms with E-state index in [2.05, 4.69) is 0 Å². The van der Waals surface area contributed by atoms with Gasteiger partial charge in [-0.2, -0.15) is 0 Å². The minimum Gasteiger partial charge on any atom is -0.287 e. The number of hydrogen-bond acceptors (Lipinski definition) is 0. The van der Waals surface area contributed by atoms with Gasteiger partial charge < -0.3 is 0 Å². The van der Waals surface area contributed by atoms with Crippen LogP contribution in [0, 0.1) is 0 Å². The number of halogens is 2. The van der Waals surface area contributed by atoms with E-state index in [9.17, 15) is 8.63 Å². The summed E-state index contributed by atoms with van der Waals surface area (Å²) in [6.07, 6.45) is 0.791. The molecule has 0 heterocycles. The molecule has 0 aliphatic heterocycles. The van der Waals surface area contributed by atoms with Crippen LogP contribution >= 0.6 is 0 Å². The van der Waals surface area contributed by atoms with Gasteiger partial charge in [0.2, 0.25) is 0 Å². The van der Waals surface area contributed by atoms with Crippen molar-refractivity contribution >= 4 is 7.27 Å². The van der Waals surface area contributed by atoms with Crippen LogP contribution in [0.1, 0.15) is 27.6 Å². The molecule has 48 valence electrons. The SMILES string of the molecule is [2H]C(CCCC)B(F)F. The Bertz CT molecular complexity index is 70.0. The van der Waals surface area contributed by atoms with Crippen LogP contribution in [0.15, 0.2) is 0 Å². The minimum absolute atomic E-state index is 0.328. The van der Waals surface area contributed by atoms with Crippen LogP contribution < -0.4 is 0 Å². The molecule has 0 bridgehead atoms. The van der Waals surface area contributed by atoms with E-state index in [1.54, 1.807) is 0 Å². The summed E-state index contributed by atoms with van der Waals surface area (Å²) < 4.78 is 29.9. The Labute approximate surface area is 50.9 Å². The highest BCUT2D eigenvalue weighted by atomic mass is 19.2. The van der Waals surface area contributed by atoms with Crippen LogP contribution in [0.4, 0.5) is 8.63 Å². The smallest absolute Gasteiger partial charge is 0.287 e. The lowest BCUT2D eigenvalue weighted by Gasteiger charge is -1.91. The average Bonchev–Trinajstić information content (AvgIpc) is 1.82. The molecule has 0 aromatic carbocycles. The summed E-state index contributed by atoms with van der Waals surface area (Å²) in [6, 6.07) is 0. The zero-order valence-corrected chi connectivity index (χ0v) is 5.03. The van der Waals surface area contributed by atoms with Crippen molar-refractivity contribution in [1.82, 2.24) is 0 Å². The topological polar surface area (TPSA) is 0 Å². The summed E-state index contributed by atoms with van der Waals surface area (Å²) in [4.78, 5) is 0. The summed E-state index contributed by atoms with van der Waals surface area (Å²) in [7, 11) is -2.46. The molecule has 1 unspecified atom stereocenters. The third-order valence-corrected chi connectivity index (χ3v) is 0.903. The lowest BCUT2D eigenvalue weighted by molar-refractivity contribution is 0.630. The predicted octanol–water partition coefficient (Wildman–Crippen LogP) is 2.60. The van der Waals surface area contributed by atoms with Crippen molar-refractivity contribution in [1.29, 1.82) is 0 Å². The van der Waals surface area contributed by atoms with Crippen molar-refractivity contribution in [3.63, 3.8) is 0 Å². The summed E-state index contributed by atoms with van der Waals surface area (Å²) in [5, 5.41) is 0. The molecule has 1 atom stereocenters. The molecule has 0 aliphatic rings. The Morgan fingerprint density at radius 3 is 2.50 bits per heavy atom. The molecule has 0 spiro atoms. The highest BCUT2D eigenvalue weighted by molar-refractivity contribution is 6.42. The molecule has 0 amide bonds. The van der Waals surface area contributed by atoms with Gasteiger partial charge in [0.15, 0.2) is 0 Å². The van der Waals surface area contributed by atoms with E-state index < -0.39 is 13.6 Å². The minimum atomic E-state index is -2.46. The summed E-state index contributed by atoms with van der Waals surface area (Å²) >= 11 is 0. The molecular weight excluding hydrogens is 109 g/mol. The van der Waals surface area contributed by atoms with Gasteiger partial charge in [-0.25, -0.2) is 0 Å². The van der Waals surface area contributed by atoms with E-state index in [1.165, 1.54) is 0 Å².